The van der Waals surface area contributed by atoms with Crippen LogP contribution in [0.3, 0.4) is 0 Å². The predicted molar refractivity (Wildman–Crippen MR) is 49.8 cm³/mol. The van der Waals surface area contributed by atoms with Gasteiger partial charge in [-0.25, -0.2) is 0 Å². The molecule has 1 aliphatic rings. The summed E-state index contributed by atoms with van der Waals surface area (Å²) in [4.78, 5) is 13.7. The largest absolute Gasteiger partial charge is 0.343 e. The molecule has 1 rings (SSSR count). The number of likely N-dealkylation sites (tertiary alicyclic amines) is 1. The van der Waals surface area contributed by atoms with Gasteiger partial charge in [0.25, 0.3) is 0 Å². The Hall–Kier alpha value is -0.530. The minimum atomic E-state index is 0.290. The van der Waals surface area contributed by atoms with E-state index >= 15 is 0 Å². The van der Waals surface area contributed by atoms with Crippen molar-refractivity contribution in [1.82, 2.24) is 4.90 Å². The van der Waals surface area contributed by atoms with E-state index in [1.54, 1.807) is 0 Å². The number of carbonyl (C=O) groups excluding carboxylic acids is 1. The maximum atomic E-state index is 11.7. The Kier molecular flexibility index (Phi) is 3.12. The second-order valence-corrected chi connectivity index (χ2v) is 3.91. The molecule has 0 radical (unpaired) electrons. The van der Waals surface area contributed by atoms with Crippen molar-refractivity contribution in [3.05, 3.63) is 0 Å². The second kappa shape index (κ2) is 3.92. The van der Waals surface area contributed by atoms with E-state index in [1.807, 2.05) is 4.90 Å². The SMILES string of the molecule is CCN1CCC[C@H](C(C)C)C1=O. The molecule has 1 amide bonds. The topological polar surface area (TPSA) is 20.3 Å². The maximum Gasteiger partial charge on any atom is 0.225 e. The van der Waals surface area contributed by atoms with Crippen molar-refractivity contribution in [2.75, 3.05) is 13.1 Å². The fraction of sp³-hybridized carbons (Fsp3) is 0.900. The molecular formula is C10H19NO. The summed E-state index contributed by atoms with van der Waals surface area (Å²) in [7, 11) is 0. The zero-order valence-electron chi connectivity index (χ0n) is 8.34. The highest BCUT2D eigenvalue weighted by Gasteiger charge is 2.29. The molecule has 1 saturated heterocycles. The van der Waals surface area contributed by atoms with E-state index < -0.39 is 0 Å². The Morgan fingerprint density at radius 1 is 1.58 bits per heavy atom. The molecule has 0 saturated carbocycles. The van der Waals surface area contributed by atoms with Gasteiger partial charge < -0.3 is 4.90 Å². The molecule has 70 valence electrons. The summed E-state index contributed by atoms with van der Waals surface area (Å²) >= 11 is 0. The summed E-state index contributed by atoms with van der Waals surface area (Å²) in [6.45, 7) is 8.19. The van der Waals surface area contributed by atoms with Gasteiger partial charge >= 0.3 is 0 Å². The van der Waals surface area contributed by atoms with Crippen LogP contribution in [0.2, 0.25) is 0 Å². The van der Waals surface area contributed by atoms with Crippen molar-refractivity contribution in [3.63, 3.8) is 0 Å². The van der Waals surface area contributed by atoms with Crippen LogP contribution in [0.25, 0.3) is 0 Å². The summed E-state index contributed by atoms with van der Waals surface area (Å²) in [6, 6.07) is 0. The Morgan fingerprint density at radius 3 is 2.75 bits per heavy atom. The molecule has 0 N–H and O–H groups in total. The van der Waals surface area contributed by atoms with Gasteiger partial charge in [-0.15, -0.1) is 0 Å². The molecule has 2 heteroatoms. The lowest BCUT2D eigenvalue weighted by Crippen LogP contribution is -2.42. The van der Waals surface area contributed by atoms with Crippen LogP contribution in [0.4, 0.5) is 0 Å². The fourth-order valence-corrected chi connectivity index (χ4v) is 1.90. The van der Waals surface area contributed by atoms with Crippen LogP contribution >= 0.6 is 0 Å². The van der Waals surface area contributed by atoms with Crippen LogP contribution < -0.4 is 0 Å². The van der Waals surface area contributed by atoms with E-state index in [0.717, 1.165) is 19.5 Å². The van der Waals surface area contributed by atoms with Crippen molar-refractivity contribution in [1.29, 1.82) is 0 Å². The highest BCUT2D eigenvalue weighted by Crippen LogP contribution is 2.24. The van der Waals surface area contributed by atoms with Gasteiger partial charge in [0, 0.05) is 19.0 Å². The standard InChI is InChI=1S/C10H19NO/c1-4-11-7-5-6-9(8(2)3)10(11)12/h8-9H,4-7H2,1-3H3/t9-/m1/s1. The Morgan fingerprint density at radius 2 is 2.25 bits per heavy atom. The third kappa shape index (κ3) is 1.79. The summed E-state index contributed by atoms with van der Waals surface area (Å²) in [6.07, 6.45) is 2.27. The average molecular weight is 169 g/mol. The van der Waals surface area contributed by atoms with E-state index in [-0.39, 0.29) is 0 Å². The molecule has 0 bridgehead atoms. The number of piperidine rings is 1. The quantitative estimate of drug-likeness (QED) is 0.618. The van der Waals surface area contributed by atoms with Gasteiger partial charge in [-0.3, -0.25) is 4.79 Å². The molecule has 1 heterocycles. The summed E-state index contributed by atoms with van der Waals surface area (Å²) in [5.74, 6) is 1.17. The molecule has 0 spiro atoms. The van der Waals surface area contributed by atoms with E-state index in [1.165, 1.54) is 6.42 Å². The van der Waals surface area contributed by atoms with Gasteiger partial charge in [-0.1, -0.05) is 13.8 Å². The predicted octanol–water partition coefficient (Wildman–Crippen LogP) is 1.90. The van der Waals surface area contributed by atoms with Crippen LogP contribution in [0.1, 0.15) is 33.6 Å². The average Bonchev–Trinajstić information content (AvgIpc) is 2.04. The maximum absolute atomic E-state index is 11.7. The zero-order valence-corrected chi connectivity index (χ0v) is 8.34. The number of hydrogen-bond donors (Lipinski definition) is 0. The number of carbonyl (C=O) groups is 1. The number of rotatable bonds is 2. The highest BCUT2D eigenvalue weighted by molar-refractivity contribution is 5.79. The molecule has 0 aliphatic carbocycles. The first-order valence-electron chi connectivity index (χ1n) is 4.95. The smallest absolute Gasteiger partial charge is 0.225 e. The van der Waals surface area contributed by atoms with Crippen LogP contribution in [0.15, 0.2) is 0 Å². The third-order valence-electron chi connectivity index (χ3n) is 2.76. The highest BCUT2D eigenvalue weighted by atomic mass is 16.2. The molecular weight excluding hydrogens is 150 g/mol. The monoisotopic (exact) mass is 169 g/mol. The lowest BCUT2D eigenvalue weighted by Gasteiger charge is -2.33. The summed E-state index contributed by atoms with van der Waals surface area (Å²) in [5, 5.41) is 0. The van der Waals surface area contributed by atoms with Crippen molar-refractivity contribution >= 4 is 5.91 Å². The van der Waals surface area contributed by atoms with Crippen LogP contribution in [0.5, 0.6) is 0 Å². The van der Waals surface area contributed by atoms with Gasteiger partial charge in [0.15, 0.2) is 0 Å². The Balaban J connectivity index is 2.59. The van der Waals surface area contributed by atoms with Crippen LogP contribution in [-0.4, -0.2) is 23.9 Å². The molecule has 0 aromatic rings. The van der Waals surface area contributed by atoms with Gasteiger partial charge in [0.05, 0.1) is 0 Å². The zero-order chi connectivity index (χ0) is 9.14. The summed E-state index contributed by atoms with van der Waals surface area (Å²) in [5.41, 5.74) is 0. The van der Waals surface area contributed by atoms with Crippen molar-refractivity contribution in [3.8, 4) is 0 Å². The fourth-order valence-electron chi connectivity index (χ4n) is 1.90. The van der Waals surface area contributed by atoms with E-state index in [0.29, 0.717) is 17.7 Å². The van der Waals surface area contributed by atoms with Gasteiger partial charge in [-0.2, -0.15) is 0 Å². The molecule has 0 unspecified atom stereocenters. The van der Waals surface area contributed by atoms with Gasteiger partial charge in [0.2, 0.25) is 5.91 Å². The molecule has 1 fully saturated rings. The summed E-state index contributed by atoms with van der Waals surface area (Å²) < 4.78 is 0. The Bertz CT molecular complexity index is 165. The lowest BCUT2D eigenvalue weighted by atomic mass is 9.87. The normalized spacial score (nSPS) is 25.2. The van der Waals surface area contributed by atoms with E-state index in [9.17, 15) is 4.79 Å². The molecule has 1 atom stereocenters. The molecule has 0 aromatic heterocycles. The van der Waals surface area contributed by atoms with Crippen molar-refractivity contribution in [2.24, 2.45) is 11.8 Å². The molecule has 2 nitrogen and oxygen atoms in total. The first-order valence-corrected chi connectivity index (χ1v) is 4.95. The first-order chi connectivity index (χ1) is 5.66. The van der Waals surface area contributed by atoms with E-state index in [4.69, 9.17) is 0 Å². The van der Waals surface area contributed by atoms with Crippen molar-refractivity contribution < 1.29 is 4.79 Å². The molecule has 0 aromatic carbocycles. The van der Waals surface area contributed by atoms with Gasteiger partial charge in [-0.05, 0) is 25.7 Å². The minimum absolute atomic E-state index is 0.290. The number of amides is 1. The van der Waals surface area contributed by atoms with Gasteiger partial charge in [0.1, 0.15) is 0 Å². The lowest BCUT2D eigenvalue weighted by molar-refractivity contribution is -0.139. The molecule has 12 heavy (non-hydrogen) atoms. The Labute approximate surface area is 74.9 Å². The first kappa shape index (κ1) is 9.56. The van der Waals surface area contributed by atoms with Crippen LogP contribution in [-0.2, 0) is 4.79 Å². The minimum Gasteiger partial charge on any atom is -0.343 e. The van der Waals surface area contributed by atoms with Crippen molar-refractivity contribution in [2.45, 2.75) is 33.6 Å². The molecule has 1 aliphatic heterocycles. The second-order valence-electron chi connectivity index (χ2n) is 3.91. The van der Waals surface area contributed by atoms with E-state index in [2.05, 4.69) is 20.8 Å². The third-order valence-corrected chi connectivity index (χ3v) is 2.76. The number of nitrogens with zero attached hydrogens (tertiary/aromatic N) is 1. The van der Waals surface area contributed by atoms with Crippen LogP contribution in [0, 0.1) is 11.8 Å². The number of hydrogen-bond acceptors (Lipinski definition) is 1.